The van der Waals surface area contributed by atoms with Crippen LogP contribution < -0.4 is 4.72 Å². The number of hydrogen-bond acceptors (Lipinski definition) is 5. The highest BCUT2D eigenvalue weighted by Crippen LogP contribution is 2.29. The Morgan fingerprint density at radius 1 is 1.44 bits per heavy atom. The molecular formula is C16H22N4O3S2. The number of aromatic nitrogens is 2. The van der Waals surface area contributed by atoms with Gasteiger partial charge in [-0.15, -0.1) is 11.3 Å². The summed E-state index contributed by atoms with van der Waals surface area (Å²) in [4.78, 5) is 14.0. The molecular weight excluding hydrogens is 360 g/mol. The molecule has 2 aromatic rings. The summed E-state index contributed by atoms with van der Waals surface area (Å²) in [6, 6.07) is 3.20. The van der Waals surface area contributed by atoms with Gasteiger partial charge in [0.15, 0.2) is 0 Å². The van der Waals surface area contributed by atoms with E-state index in [-0.39, 0.29) is 16.7 Å². The maximum atomic E-state index is 12.3. The molecule has 0 atom stereocenters. The summed E-state index contributed by atoms with van der Waals surface area (Å²) in [6.07, 6.45) is 4.53. The predicted molar refractivity (Wildman–Crippen MR) is 96.0 cm³/mol. The Kier molecular flexibility index (Phi) is 5.55. The van der Waals surface area contributed by atoms with Crippen LogP contribution in [0.4, 0.5) is 0 Å². The van der Waals surface area contributed by atoms with E-state index in [1.54, 1.807) is 16.3 Å². The molecule has 1 aliphatic heterocycles. The van der Waals surface area contributed by atoms with Gasteiger partial charge in [-0.1, -0.05) is 13.0 Å². The van der Waals surface area contributed by atoms with Crippen LogP contribution in [0.15, 0.2) is 27.9 Å². The lowest BCUT2D eigenvalue weighted by molar-refractivity contribution is -0.131. The fraction of sp³-hybridized carbons (Fsp3) is 0.500. The van der Waals surface area contributed by atoms with E-state index < -0.39 is 10.0 Å². The molecule has 3 rings (SSSR count). The molecule has 0 radical (unpaired) electrons. The number of piperidine rings is 1. The van der Waals surface area contributed by atoms with Crippen molar-refractivity contribution in [1.29, 1.82) is 0 Å². The van der Waals surface area contributed by atoms with Crippen molar-refractivity contribution in [1.82, 2.24) is 19.8 Å². The van der Waals surface area contributed by atoms with E-state index >= 15 is 0 Å². The molecule has 0 aromatic carbocycles. The number of H-pyrrole nitrogens is 1. The van der Waals surface area contributed by atoms with Gasteiger partial charge in [-0.2, -0.15) is 5.10 Å². The van der Waals surface area contributed by atoms with Crippen LogP contribution in [0.2, 0.25) is 0 Å². The lowest BCUT2D eigenvalue weighted by atomic mass is 9.91. The second-order valence-corrected chi connectivity index (χ2v) is 9.02. The number of nitrogens with zero attached hydrogens (tertiary/aromatic N) is 2. The molecule has 0 unspecified atom stereocenters. The summed E-state index contributed by atoms with van der Waals surface area (Å²) in [6.45, 7) is 3.17. The minimum atomic E-state index is -3.60. The van der Waals surface area contributed by atoms with Crippen LogP contribution >= 0.6 is 11.3 Å². The lowest BCUT2D eigenvalue weighted by Crippen LogP contribution is -2.43. The predicted octanol–water partition coefficient (Wildman–Crippen LogP) is 1.72. The molecule has 136 valence electrons. The molecule has 1 aliphatic rings. The van der Waals surface area contributed by atoms with Gasteiger partial charge in [-0.05, 0) is 36.3 Å². The van der Waals surface area contributed by atoms with Gasteiger partial charge < -0.3 is 4.90 Å². The van der Waals surface area contributed by atoms with Crippen LogP contribution in [0, 0.1) is 0 Å². The molecule has 7 nitrogen and oxygen atoms in total. The number of hydrogen-bond donors (Lipinski definition) is 2. The minimum Gasteiger partial charge on any atom is -0.342 e. The van der Waals surface area contributed by atoms with Crippen molar-refractivity contribution in [3.05, 3.63) is 35.0 Å². The Balaban J connectivity index is 1.52. The van der Waals surface area contributed by atoms with Crippen molar-refractivity contribution >= 4 is 27.3 Å². The van der Waals surface area contributed by atoms with Gasteiger partial charge in [0.1, 0.15) is 4.21 Å². The summed E-state index contributed by atoms with van der Waals surface area (Å²) in [5, 5.41) is 8.90. The van der Waals surface area contributed by atoms with Gasteiger partial charge in [-0.3, -0.25) is 9.89 Å². The van der Waals surface area contributed by atoms with E-state index in [2.05, 4.69) is 21.8 Å². The fourth-order valence-corrected chi connectivity index (χ4v) is 5.14. The van der Waals surface area contributed by atoms with Crippen molar-refractivity contribution in [2.24, 2.45) is 0 Å². The molecule has 2 aromatic heterocycles. The highest BCUT2D eigenvalue weighted by Gasteiger charge is 2.27. The van der Waals surface area contributed by atoms with Crippen molar-refractivity contribution in [3.63, 3.8) is 0 Å². The van der Waals surface area contributed by atoms with Gasteiger partial charge in [-0.25, -0.2) is 13.1 Å². The normalized spacial score (nSPS) is 16.3. The third-order valence-electron chi connectivity index (χ3n) is 4.56. The van der Waals surface area contributed by atoms with Crippen LogP contribution in [0.3, 0.4) is 0 Å². The standard InChI is InChI=1S/C16H22N4O3S2/c1-2-12-10-17-19-16(12)13-5-7-20(8-6-13)14(21)11-18-25(22,23)15-4-3-9-24-15/h3-4,9-10,13,18H,2,5-8,11H2,1H3,(H,17,19). The SMILES string of the molecule is CCc1cn[nH]c1C1CCN(C(=O)CNS(=O)(=O)c2cccs2)CC1. The Bertz CT molecular complexity index is 806. The molecule has 0 bridgehead atoms. The maximum Gasteiger partial charge on any atom is 0.250 e. The number of carbonyl (C=O) groups excluding carboxylic acids is 1. The van der Waals surface area contributed by atoms with E-state index in [4.69, 9.17) is 0 Å². The quantitative estimate of drug-likeness (QED) is 0.795. The molecule has 1 saturated heterocycles. The van der Waals surface area contributed by atoms with Crippen LogP contribution in [-0.4, -0.2) is 49.1 Å². The first-order chi connectivity index (χ1) is 12.0. The fourth-order valence-electron chi connectivity index (χ4n) is 3.13. The minimum absolute atomic E-state index is 0.182. The summed E-state index contributed by atoms with van der Waals surface area (Å²) < 4.78 is 26.8. The van der Waals surface area contributed by atoms with E-state index in [0.29, 0.717) is 19.0 Å². The zero-order valence-corrected chi connectivity index (χ0v) is 15.7. The second kappa shape index (κ2) is 7.67. The van der Waals surface area contributed by atoms with E-state index in [1.807, 2.05) is 6.20 Å². The average molecular weight is 383 g/mol. The monoisotopic (exact) mass is 382 g/mol. The number of aryl methyl sites for hydroxylation is 1. The first kappa shape index (κ1) is 18.1. The highest BCUT2D eigenvalue weighted by atomic mass is 32.2. The van der Waals surface area contributed by atoms with Gasteiger partial charge in [0.25, 0.3) is 10.0 Å². The van der Waals surface area contributed by atoms with Crippen LogP contribution in [0.5, 0.6) is 0 Å². The van der Waals surface area contributed by atoms with Gasteiger partial charge >= 0.3 is 0 Å². The third kappa shape index (κ3) is 4.10. The number of carbonyl (C=O) groups is 1. The number of nitrogens with one attached hydrogen (secondary N) is 2. The molecule has 1 amide bonds. The Morgan fingerprint density at radius 3 is 2.84 bits per heavy atom. The summed E-state index contributed by atoms with van der Waals surface area (Å²) in [5.74, 6) is 0.197. The molecule has 2 N–H and O–H groups in total. The number of rotatable bonds is 6. The number of amides is 1. The van der Waals surface area contributed by atoms with Crippen molar-refractivity contribution in [2.45, 2.75) is 36.3 Å². The van der Waals surface area contributed by atoms with Crippen molar-refractivity contribution in [2.75, 3.05) is 19.6 Å². The zero-order chi connectivity index (χ0) is 17.9. The maximum absolute atomic E-state index is 12.3. The lowest BCUT2D eigenvalue weighted by Gasteiger charge is -2.32. The van der Waals surface area contributed by atoms with Crippen LogP contribution in [0.1, 0.15) is 36.9 Å². The molecule has 0 aliphatic carbocycles. The van der Waals surface area contributed by atoms with Crippen LogP contribution in [0.25, 0.3) is 0 Å². The van der Waals surface area contributed by atoms with E-state index in [0.717, 1.165) is 30.6 Å². The zero-order valence-electron chi connectivity index (χ0n) is 14.1. The van der Waals surface area contributed by atoms with Gasteiger partial charge in [0, 0.05) is 24.7 Å². The molecule has 9 heteroatoms. The smallest absolute Gasteiger partial charge is 0.250 e. The number of likely N-dealkylation sites (tertiary alicyclic amines) is 1. The largest absolute Gasteiger partial charge is 0.342 e. The van der Waals surface area contributed by atoms with Gasteiger partial charge in [0.2, 0.25) is 5.91 Å². The average Bonchev–Trinajstić information content (AvgIpc) is 3.31. The Labute approximate surface area is 151 Å². The first-order valence-corrected chi connectivity index (χ1v) is 10.7. The topological polar surface area (TPSA) is 95.2 Å². The van der Waals surface area contributed by atoms with Gasteiger partial charge in [0.05, 0.1) is 12.7 Å². The number of aromatic amines is 1. The van der Waals surface area contributed by atoms with Crippen molar-refractivity contribution < 1.29 is 13.2 Å². The molecule has 1 fully saturated rings. The molecule has 0 spiro atoms. The molecule has 3 heterocycles. The number of sulfonamides is 1. The highest BCUT2D eigenvalue weighted by molar-refractivity contribution is 7.91. The summed E-state index contributed by atoms with van der Waals surface area (Å²) in [7, 11) is -3.60. The third-order valence-corrected chi connectivity index (χ3v) is 7.36. The van der Waals surface area contributed by atoms with E-state index in [9.17, 15) is 13.2 Å². The molecule has 25 heavy (non-hydrogen) atoms. The van der Waals surface area contributed by atoms with Crippen LogP contribution in [-0.2, 0) is 21.2 Å². The summed E-state index contributed by atoms with van der Waals surface area (Å²) in [5.41, 5.74) is 2.40. The summed E-state index contributed by atoms with van der Waals surface area (Å²) >= 11 is 1.13. The first-order valence-electron chi connectivity index (χ1n) is 8.34. The van der Waals surface area contributed by atoms with E-state index in [1.165, 1.54) is 17.3 Å². The molecule has 0 saturated carbocycles. The Hall–Kier alpha value is -1.71. The second-order valence-electron chi connectivity index (χ2n) is 6.07. The number of thiophene rings is 1. The Morgan fingerprint density at radius 2 is 2.20 bits per heavy atom. The van der Waals surface area contributed by atoms with Crippen molar-refractivity contribution in [3.8, 4) is 0 Å².